The van der Waals surface area contributed by atoms with Crippen LogP contribution in [-0.2, 0) is 5.41 Å². The van der Waals surface area contributed by atoms with E-state index in [9.17, 15) is 0 Å². The molecule has 2 aliphatic carbocycles. The van der Waals surface area contributed by atoms with E-state index in [1.807, 2.05) is 26.0 Å². The highest BCUT2D eigenvalue weighted by Gasteiger charge is 2.44. The van der Waals surface area contributed by atoms with Crippen molar-refractivity contribution in [2.45, 2.75) is 133 Å². The molecule has 0 heterocycles. The number of allylic oxidation sites excluding steroid dienone is 18. The van der Waals surface area contributed by atoms with Crippen molar-refractivity contribution in [2.24, 2.45) is 5.41 Å². The van der Waals surface area contributed by atoms with Crippen LogP contribution in [-0.4, -0.2) is 0 Å². The van der Waals surface area contributed by atoms with Crippen molar-refractivity contribution in [3.63, 3.8) is 0 Å². The smallest absolute Gasteiger partial charge is 0.0461 e. The van der Waals surface area contributed by atoms with E-state index in [2.05, 4.69) is 281 Å². The third-order valence-electron chi connectivity index (χ3n) is 14.4. The molecule has 5 aromatic rings. The Labute approximate surface area is 437 Å². The van der Waals surface area contributed by atoms with Crippen molar-refractivity contribution in [3.05, 3.63) is 269 Å². The average Bonchev–Trinajstić information content (AvgIpc) is 3.92. The maximum atomic E-state index is 2.41. The molecule has 5 aromatic carbocycles. The first-order valence-electron chi connectivity index (χ1n) is 26.7. The molecule has 7 rings (SSSR count). The lowest BCUT2D eigenvalue weighted by molar-refractivity contribution is 0.389. The first-order valence-corrected chi connectivity index (χ1v) is 26.7. The van der Waals surface area contributed by atoms with Crippen molar-refractivity contribution in [2.75, 3.05) is 4.90 Å². The zero-order chi connectivity index (χ0) is 51.9. The first-order chi connectivity index (χ1) is 34.9. The monoisotopic (exact) mass is 952 g/mol. The van der Waals surface area contributed by atoms with Crippen LogP contribution in [0.25, 0.3) is 22.3 Å². The van der Waals surface area contributed by atoms with Crippen LogP contribution >= 0.6 is 0 Å². The van der Waals surface area contributed by atoms with Gasteiger partial charge in [0.25, 0.3) is 0 Å². The fourth-order valence-electron chi connectivity index (χ4n) is 9.96. The van der Waals surface area contributed by atoms with Gasteiger partial charge in [-0.05, 0) is 185 Å². The van der Waals surface area contributed by atoms with E-state index in [-0.39, 0.29) is 5.41 Å². The summed E-state index contributed by atoms with van der Waals surface area (Å²) in [6, 6.07) is 48.8. The Balaban J connectivity index is 0.000000552. The van der Waals surface area contributed by atoms with Crippen molar-refractivity contribution in [1.82, 2.24) is 0 Å². The van der Waals surface area contributed by atoms with Gasteiger partial charge in [-0.2, -0.15) is 0 Å². The van der Waals surface area contributed by atoms with Crippen molar-refractivity contribution in [1.29, 1.82) is 0 Å². The van der Waals surface area contributed by atoms with E-state index in [1.54, 1.807) is 5.57 Å². The summed E-state index contributed by atoms with van der Waals surface area (Å²) in [5.41, 5.74) is 18.5. The van der Waals surface area contributed by atoms with Crippen molar-refractivity contribution < 1.29 is 0 Å². The van der Waals surface area contributed by atoms with Crippen LogP contribution in [0, 0.1) is 5.41 Å². The van der Waals surface area contributed by atoms with Gasteiger partial charge >= 0.3 is 0 Å². The van der Waals surface area contributed by atoms with E-state index in [0.717, 1.165) is 30.6 Å². The van der Waals surface area contributed by atoms with Crippen LogP contribution in [0.4, 0.5) is 5.69 Å². The van der Waals surface area contributed by atoms with E-state index in [4.69, 9.17) is 0 Å². The van der Waals surface area contributed by atoms with E-state index >= 15 is 0 Å². The maximum Gasteiger partial charge on any atom is 0.0461 e. The molecule has 0 aromatic heterocycles. The summed E-state index contributed by atoms with van der Waals surface area (Å²) in [4.78, 5) is 2.36. The van der Waals surface area contributed by atoms with Gasteiger partial charge in [0.05, 0.1) is 0 Å². The van der Waals surface area contributed by atoms with Gasteiger partial charge in [-0.25, -0.2) is 0 Å². The van der Waals surface area contributed by atoms with Crippen molar-refractivity contribution >= 4 is 16.8 Å². The molecule has 0 bridgehead atoms. The van der Waals surface area contributed by atoms with Gasteiger partial charge < -0.3 is 4.90 Å². The molecule has 374 valence electrons. The summed E-state index contributed by atoms with van der Waals surface area (Å²) in [6.07, 6.45) is 37.9. The third kappa shape index (κ3) is 14.7. The number of fused-ring (bicyclic) bond motifs is 1. The van der Waals surface area contributed by atoms with Crippen LogP contribution in [0.1, 0.15) is 155 Å². The first kappa shape index (κ1) is 56.2. The molecule has 0 N–H and O–H groups in total. The lowest BCUT2D eigenvalue weighted by atomic mass is 9.69. The van der Waals surface area contributed by atoms with Crippen molar-refractivity contribution in [3.8, 4) is 11.1 Å². The molecule has 2 unspecified atom stereocenters. The number of hydrogen-bond acceptors (Lipinski definition) is 1. The Morgan fingerprint density at radius 2 is 1.35 bits per heavy atom. The van der Waals surface area contributed by atoms with Crippen LogP contribution in [0.3, 0.4) is 0 Å². The number of nitrogens with zero attached hydrogens (tertiary/aromatic N) is 1. The lowest BCUT2D eigenvalue weighted by Crippen LogP contribution is -2.27. The number of rotatable bonds is 16. The molecule has 2 atom stereocenters. The molecular formula is C71H85N. The molecule has 2 aliphatic rings. The minimum Gasteiger partial charge on any atom is -0.318 e. The van der Waals surface area contributed by atoms with Gasteiger partial charge in [0.2, 0.25) is 0 Å². The summed E-state index contributed by atoms with van der Waals surface area (Å²) in [6.45, 7) is 26.2. The highest BCUT2D eigenvalue weighted by atomic mass is 15.1. The number of hydrogen-bond donors (Lipinski definition) is 0. The molecule has 0 aliphatic heterocycles. The summed E-state index contributed by atoms with van der Waals surface area (Å²) in [5.74, 6) is 0.395. The SMILES string of the molecule is C/C=C\C.C/C=C\C=C1\CCC(C)(C)C1.C\C=C/C1=C(\C=C\N(C(/C=C\C/C(C)=C/C)=C/C)c2ccc(C(C)C/C=C(\C)c3ccccc3)cc2)C(CC)(c2ccccc2)c2cccc(-c3ccccc3)c21. The molecule has 1 heteroatoms. The van der Waals surface area contributed by atoms with Gasteiger partial charge in [0, 0.05) is 23.0 Å². The molecule has 1 fully saturated rings. The summed E-state index contributed by atoms with van der Waals surface area (Å²) in [7, 11) is 0. The van der Waals surface area contributed by atoms with Gasteiger partial charge in [0.1, 0.15) is 0 Å². The molecule has 0 amide bonds. The third-order valence-corrected chi connectivity index (χ3v) is 14.4. The Morgan fingerprint density at radius 3 is 1.92 bits per heavy atom. The van der Waals surface area contributed by atoms with Gasteiger partial charge in [-0.1, -0.05) is 227 Å². The maximum absolute atomic E-state index is 2.41. The Bertz CT molecular complexity index is 2770. The predicted octanol–water partition coefficient (Wildman–Crippen LogP) is 21.1. The average molecular weight is 952 g/mol. The second-order valence-corrected chi connectivity index (χ2v) is 20.0. The highest BCUT2D eigenvalue weighted by molar-refractivity contribution is 5.96. The number of anilines is 1. The minimum atomic E-state index is -0.335. The summed E-state index contributed by atoms with van der Waals surface area (Å²) in [5, 5.41) is 0. The fourth-order valence-corrected chi connectivity index (χ4v) is 9.96. The lowest BCUT2D eigenvalue weighted by Gasteiger charge is -2.33. The zero-order valence-corrected chi connectivity index (χ0v) is 46.1. The van der Waals surface area contributed by atoms with Gasteiger partial charge in [-0.15, -0.1) is 0 Å². The molecular weight excluding hydrogens is 867 g/mol. The normalized spacial score (nSPS) is 18.1. The fraction of sp³-hybridized carbons (Fsp3) is 0.296. The quantitative estimate of drug-likeness (QED) is 0.0704. The molecule has 72 heavy (non-hydrogen) atoms. The second-order valence-electron chi connectivity index (χ2n) is 20.0. The Morgan fingerprint density at radius 1 is 0.694 bits per heavy atom. The van der Waals surface area contributed by atoms with E-state index in [0.29, 0.717) is 11.3 Å². The topological polar surface area (TPSA) is 3.24 Å². The highest BCUT2D eigenvalue weighted by Crippen LogP contribution is 2.56. The van der Waals surface area contributed by atoms with Crippen LogP contribution in [0.15, 0.2) is 241 Å². The van der Waals surface area contributed by atoms with E-state index < -0.39 is 0 Å². The summed E-state index contributed by atoms with van der Waals surface area (Å²) >= 11 is 0. The minimum absolute atomic E-state index is 0.335. The molecule has 1 nitrogen and oxygen atoms in total. The van der Waals surface area contributed by atoms with Gasteiger partial charge in [-0.3, -0.25) is 0 Å². The molecule has 1 saturated carbocycles. The van der Waals surface area contributed by atoms with E-state index in [1.165, 1.54) is 80.5 Å². The Kier molecular flexibility index (Phi) is 22.1. The van der Waals surface area contributed by atoms with Crippen LogP contribution in [0.2, 0.25) is 0 Å². The molecule has 0 spiro atoms. The predicted molar refractivity (Wildman–Crippen MR) is 320 cm³/mol. The van der Waals surface area contributed by atoms with Gasteiger partial charge in [0.15, 0.2) is 0 Å². The number of benzene rings is 5. The zero-order valence-electron chi connectivity index (χ0n) is 46.1. The molecule has 0 saturated heterocycles. The summed E-state index contributed by atoms with van der Waals surface area (Å²) < 4.78 is 0. The van der Waals surface area contributed by atoms with Crippen LogP contribution < -0.4 is 4.90 Å². The molecule has 0 radical (unpaired) electrons. The standard InChI is InChI=1S/C56H59N.C11H18.C4H8/c1-8-23-52-53(56(11-4,48-29-19-14-20-30-48)54-33-22-32-51(55(52)54)47-27-17-13-18-28-47)40-41-57(49(10-3)31-21-24-42(5)9-2)50-38-36-46(37-39-50)44(7)35-34-43(6)45-25-15-12-16-26-45;1-4-5-6-10-7-8-11(2,3)9-10;1-3-4-2/h8-10,12-23,25-34,36-41,44H,11,24,35H2,1-7H3;4-6H,7-9H2,1-3H3;3-4H,1-2H3/b23-8-,31-21-,41-40+,42-9+,43-34+,49-10+;5-4-,10-6-;4-3-. The Hall–Kier alpha value is -6.70. The second kappa shape index (κ2) is 28.4. The largest absolute Gasteiger partial charge is 0.318 e. The van der Waals surface area contributed by atoms with Crippen LogP contribution in [0.5, 0.6) is 0 Å².